The third-order valence-corrected chi connectivity index (χ3v) is 12.7. The van der Waals surface area contributed by atoms with E-state index in [-0.39, 0.29) is 0 Å². The predicted octanol–water partition coefficient (Wildman–Crippen LogP) is 16.2. The van der Waals surface area contributed by atoms with Gasteiger partial charge in [0.1, 0.15) is 0 Å². The van der Waals surface area contributed by atoms with Crippen LogP contribution >= 0.6 is 11.3 Å². The first-order valence-electron chi connectivity index (χ1n) is 19.6. The molecule has 11 aromatic rings. The number of rotatable bonds is 6. The number of hydrogen-bond donors (Lipinski definition) is 0. The van der Waals surface area contributed by atoms with E-state index < -0.39 is 0 Å². The molecule has 57 heavy (non-hydrogen) atoms. The molecule has 1 heterocycles. The Morgan fingerprint density at radius 2 is 0.754 bits per heavy atom. The van der Waals surface area contributed by atoms with E-state index in [4.69, 9.17) is 0 Å². The van der Waals surface area contributed by atoms with Gasteiger partial charge in [0.15, 0.2) is 0 Å². The average molecular weight is 747 g/mol. The van der Waals surface area contributed by atoms with Gasteiger partial charge in [-0.25, -0.2) is 0 Å². The molecule has 0 fully saturated rings. The van der Waals surface area contributed by atoms with Crippen LogP contribution in [0.4, 0.5) is 34.1 Å². The highest BCUT2D eigenvalue weighted by molar-refractivity contribution is 7.27. The number of anilines is 6. The highest BCUT2D eigenvalue weighted by Gasteiger charge is 2.20. The van der Waals surface area contributed by atoms with Gasteiger partial charge >= 0.3 is 0 Å². The summed E-state index contributed by atoms with van der Waals surface area (Å²) in [4.78, 5) is 4.79. The third-order valence-electron chi connectivity index (χ3n) is 11.5. The van der Waals surface area contributed by atoms with Crippen molar-refractivity contribution in [1.29, 1.82) is 0 Å². The van der Waals surface area contributed by atoms with Crippen molar-refractivity contribution in [2.45, 2.75) is 13.8 Å². The van der Waals surface area contributed by atoms with Crippen molar-refractivity contribution in [2.24, 2.45) is 0 Å². The van der Waals surface area contributed by atoms with Crippen LogP contribution in [0.25, 0.3) is 63.3 Å². The minimum atomic E-state index is 1.14. The molecule has 0 aliphatic carbocycles. The lowest BCUT2D eigenvalue weighted by Gasteiger charge is -2.26. The van der Waals surface area contributed by atoms with Crippen molar-refractivity contribution in [3.63, 3.8) is 0 Å². The van der Waals surface area contributed by atoms with Crippen molar-refractivity contribution < 1.29 is 0 Å². The molecule has 2 nitrogen and oxygen atoms in total. The van der Waals surface area contributed by atoms with E-state index >= 15 is 0 Å². The van der Waals surface area contributed by atoms with E-state index in [1.165, 1.54) is 74.4 Å². The summed E-state index contributed by atoms with van der Waals surface area (Å²) in [6.07, 6.45) is 0. The Hall–Kier alpha value is -6.94. The Morgan fingerprint density at radius 1 is 0.316 bits per heavy atom. The van der Waals surface area contributed by atoms with E-state index in [1.54, 1.807) is 0 Å². The molecule has 270 valence electrons. The summed E-state index contributed by atoms with van der Waals surface area (Å²) in [5, 5.41) is 12.7. The summed E-state index contributed by atoms with van der Waals surface area (Å²) < 4.78 is 2.60. The van der Waals surface area contributed by atoms with Gasteiger partial charge in [0.2, 0.25) is 0 Å². The molecule has 0 radical (unpaired) electrons. The molecule has 1 aromatic heterocycles. The van der Waals surface area contributed by atoms with Crippen LogP contribution in [0, 0.1) is 13.8 Å². The molecule has 0 spiro atoms. The molecular formula is C54H38N2S. The molecule has 0 atom stereocenters. The topological polar surface area (TPSA) is 6.48 Å². The zero-order valence-corrected chi connectivity index (χ0v) is 32.6. The molecular weight excluding hydrogens is 709 g/mol. The fourth-order valence-electron chi connectivity index (χ4n) is 8.62. The maximum atomic E-state index is 2.40. The summed E-state index contributed by atoms with van der Waals surface area (Å²) >= 11 is 1.90. The van der Waals surface area contributed by atoms with Crippen molar-refractivity contribution in [3.8, 4) is 0 Å². The molecule has 10 aromatic carbocycles. The smallest absolute Gasteiger partial charge is 0.0476 e. The molecule has 11 rings (SSSR count). The van der Waals surface area contributed by atoms with Gasteiger partial charge in [-0.2, -0.15) is 0 Å². The van der Waals surface area contributed by atoms with Crippen molar-refractivity contribution in [1.82, 2.24) is 0 Å². The monoisotopic (exact) mass is 746 g/mol. The van der Waals surface area contributed by atoms with Gasteiger partial charge in [0, 0.05) is 59.7 Å². The predicted molar refractivity (Wildman–Crippen MR) is 248 cm³/mol. The van der Waals surface area contributed by atoms with E-state index in [2.05, 4.69) is 218 Å². The third kappa shape index (κ3) is 5.70. The Bertz CT molecular complexity index is 3320. The van der Waals surface area contributed by atoms with Gasteiger partial charge in [0.25, 0.3) is 0 Å². The van der Waals surface area contributed by atoms with Crippen LogP contribution in [0.15, 0.2) is 194 Å². The summed E-state index contributed by atoms with van der Waals surface area (Å²) in [5.41, 5.74) is 9.34. The standard InChI is InChI=1S/C54H38N2S/c1-35-15-21-41(22-16-35)55(43-25-19-37-9-3-5-11-39(37)31-43)45-27-29-49-51(33-45)47-13-7-8-14-48(47)53-50-30-28-46(34-52(50)57-54(49)53)56(42-23-17-36(2)18-24-42)44-26-20-38-10-4-6-12-40(38)32-44/h3-34H,1-2H3. The zero-order chi connectivity index (χ0) is 38.0. The van der Waals surface area contributed by atoms with Gasteiger partial charge in [-0.15, -0.1) is 11.3 Å². The van der Waals surface area contributed by atoms with Crippen molar-refractivity contribution in [2.75, 3.05) is 9.80 Å². The molecule has 0 unspecified atom stereocenters. The summed E-state index contributed by atoms with van der Waals surface area (Å²) in [6.45, 7) is 4.30. The van der Waals surface area contributed by atoms with Crippen LogP contribution in [-0.4, -0.2) is 0 Å². The Balaban J connectivity index is 1.11. The van der Waals surface area contributed by atoms with E-state index in [0.717, 1.165) is 34.1 Å². The second-order valence-corrected chi connectivity index (χ2v) is 16.2. The Morgan fingerprint density at radius 3 is 1.33 bits per heavy atom. The van der Waals surface area contributed by atoms with Gasteiger partial charge in [-0.1, -0.05) is 132 Å². The van der Waals surface area contributed by atoms with Crippen molar-refractivity contribution in [3.05, 3.63) is 205 Å². The molecule has 0 amide bonds. The Kier molecular flexibility index (Phi) is 7.84. The van der Waals surface area contributed by atoms with Crippen LogP contribution in [0.5, 0.6) is 0 Å². The second kappa shape index (κ2) is 13.4. The molecule has 0 saturated carbocycles. The van der Waals surface area contributed by atoms with Gasteiger partial charge in [-0.05, 0) is 124 Å². The normalized spacial score (nSPS) is 11.7. The zero-order valence-electron chi connectivity index (χ0n) is 31.8. The lowest BCUT2D eigenvalue weighted by atomic mass is 9.96. The van der Waals surface area contributed by atoms with E-state index in [9.17, 15) is 0 Å². The molecule has 0 N–H and O–H groups in total. The summed E-state index contributed by atoms with van der Waals surface area (Å²) in [5.74, 6) is 0. The summed E-state index contributed by atoms with van der Waals surface area (Å²) in [6, 6.07) is 71.6. The summed E-state index contributed by atoms with van der Waals surface area (Å²) in [7, 11) is 0. The first kappa shape index (κ1) is 33.4. The quantitative estimate of drug-likeness (QED) is 0.156. The maximum Gasteiger partial charge on any atom is 0.0476 e. The first-order valence-corrected chi connectivity index (χ1v) is 20.4. The van der Waals surface area contributed by atoms with E-state index in [1.807, 2.05) is 11.3 Å². The number of fused-ring (bicyclic) bond motifs is 10. The number of nitrogens with zero attached hydrogens (tertiary/aromatic N) is 2. The Labute approximate surface area is 336 Å². The van der Waals surface area contributed by atoms with E-state index in [0.29, 0.717) is 0 Å². The van der Waals surface area contributed by atoms with Crippen molar-refractivity contribution >= 4 is 109 Å². The number of aryl methyl sites for hydroxylation is 2. The largest absolute Gasteiger partial charge is 0.310 e. The van der Waals surface area contributed by atoms with Gasteiger partial charge in [-0.3, -0.25) is 0 Å². The van der Waals surface area contributed by atoms with Crippen LogP contribution in [0.2, 0.25) is 0 Å². The maximum absolute atomic E-state index is 2.40. The second-order valence-electron chi connectivity index (χ2n) is 15.2. The fourth-order valence-corrected chi connectivity index (χ4v) is 9.91. The highest BCUT2D eigenvalue weighted by Crippen LogP contribution is 2.48. The lowest BCUT2D eigenvalue weighted by Crippen LogP contribution is -2.10. The van der Waals surface area contributed by atoms with Crippen LogP contribution < -0.4 is 9.80 Å². The van der Waals surface area contributed by atoms with Crippen LogP contribution in [0.3, 0.4) is 0 Å². The molecule has 0 saturated heterocycles. The molecule has 0 aliphatic rings. The number of thiophene rings is 1. The van der Waals surface area contributed by atoms with Gasteiger partial charge < -0.3 is 9.80 Å². The first-order chi connectivity index (χ1) is 28.1. The van der Waals surface area contributed by atoms with Gasteiger partial charge in [0.05, 0.1) is 0 Å². The molecule has 0 bridgehead atoms. The number of hydrogen-bond acceptors (Lipinski definition) is 3. The lowest BCUT2D eigenvalue weighted by molar-refractivity contribution is 1.29. The van der Waals surface area contributed by atoms with Crippen LogP contribution in [0.1, 0.15) is 11.1 Å². The average Bonchev–Trinajstić information content (AvgIpc) is 3.65. The highest BCUT2D eigenvalue weighted by atomic mass is 32.1. The molecule has 3 heteroatoms. The fraction of sp³-hybridized carbons (Fsp3) is 0.0370. The molecule has 0 aliphatic heterocycles. The SMILES string of the molecule is Cc1ccc(N(c2ccc3ccccc3c2)c2ccc3c(c2)sc2c4ccc(N(c5ccc(C)cc5)c5ccc6ccccc6c5)cc4c4ccccc4c32)cc1. The van der Waals surface area contributed by atoms with Crippen LogP contribution in [-0.2, 0) is 0 Å². The minimum absolute atomic E-state index is 1.14. The number of benzene rings is 10. The minimum Gasteiger partial charge on any atom is -0.310 e.